The van der Waals surface area contributed by atoms with Gasteiger partial charge in [-0.25, -0.2) is 9.07 Å². The number of aromatic nitrogens is 3. The largest absolute Gasteiger partial charge is 0.493 e. The Morgan fingerprint density at radius 2 is 2.00 bits per heavy atom. The van der Waals surface area contributed by atoms with Gasteiger partial charge in [0, 0.05) is 16.9 Å². The second-order valence-electron chi connectivity index (χ2n) is 9.51. The predicted molar refractivity (Wildman–Crippen MR) is 167 cm³/mol. The van der Waals surface area contributed by atoms with Gasteiger partial charge in [0.1, 0.15) is 18.5 Å². The lowest BCUT2D eigenvalue weighted by Crippen LogP contribution is -2.31. The minimum Gasteiger partial charge on any atom is -0.493 e. The maximum atomic E-state index is 14.4. The molecule has 1 amide bonds. The number of hydrogen-bond acceptors (Lipinski definition) is 7. The van der Waals surface area contributed by atoms with E-state index in [0.717, 1.165) is 11.3 Å². The number of methoxy groups -OCH3 is 1. The summed E-state index contributed by atoms with van der Waals surface area (Å²) in [5.74, 6) is 1.30. The molecule has 12 heteroatoms. The molecule has 0 aliphatic carbocycles. The fourth-order valence-corrected chi connectivity index (χ4v) is 6.04. The monoisotopic (exact) mass is 671 g/mol. The van der Waals surface area contributed by atoms with Crippen molar-refractivity contribution in [3.8, 4) is 11.5 Å². The van der Waals surface area contributed by atoms with Crippen molar-refractivity contribution in [2.75, 3.05) is 23.5 Å². The molecule has 1 aliphatic heterocycles. The van der Waals surface area contributed by atoms with Crippen LogP contribution in [0.4, 0.5) is 16.0 Å². The molecule has 5 rings (SSSR count). The lowest BCUT2D eigenvalue weighted by molar-refractivity contribution is -0.113. The number of rotatable bonds is 9. The average Bonchev–Trinajstić information content (AvgIpc) is 3.34. The first kappa shape index (κ1) is 29.9. The van der Waals surface area contributed by atoms with Gasteiger partial charge in [-0.1, -0.05) is 48.5 Å². The highest BCUT2D eigenvalue weighted by atomic mass is 79.9. The van der Waals surface area contributed by atoms with Crippen LogP contribution in [0.1, 0.15) is 36.6 Å². The van der Waals surface area contributed by atoms with Gasteiger partial charge in [-0.05, 0) is 83.1 Å². The molecule has 0 radical (unpaired) electrons. The summed E-state index contributed by atoms with van der Waals surface area (Å²) in [4.78, 5) is 18.5. The molecule has 0 fully saturated rings. The van der Waals surface area contributed by atoms with Crippen molar-refractivity contribution in [3.05, 3.63) is 97.9 Å². The second-order valence-corrected chi connectivity index (χ2v) is 12.0. The maximum Gasteiger partial charge on any atom is 0.255 e. The molecule has 2 N–H and O–H groups in total. The average molecular weight is 673 g/mol. The molecule has 1 unspecified atom stereocenters. The number of aryl methyl sites for hydroxylation is 1. The fraction of sp³-hybridized carbons (Fsp3) is 0.233. The van der Waals surface area contributed by atoms with E-state index in [9.17, 15) is 9.18 Å². The van der Waals surface area contributed by atoms with Gasteiger partial charge in [0.25, 0.3) is 5.91 Å². The molecule has 4 aromatic rings. The minimum absolute atomic E-state index is 0.110. The van der Waals surface area contributed by atoms with Crippen LogP contribution in [-0.4, -0.2) is 33.5 Å². The first-order valence-electron chi connectivity index (χ1n) is 13.1. The molecule has 0 saturated carbocycles. The SMILES string of the molecule is CCSc1nc2n(n1)C(c1cc(Br)c(OCc3c(F)cccc3Cl)c(OC)c1)C(C(=O)Nc1cccc(C)c1)=C(C)N2. The van der Waals surface area contributed by atoms with E-state index in [1.165, 1.54) is 31.0 Å². The summed E-state index contributed by atoms with van der Waals surface area (Å²) in [5, 5.41) is 11.9. The Bertz CT molecular complexity index is 1680. The van der Waals surface area contributed by atoms with Crippen LogP contribution in [0, 0.1) is 12.7 Å². The Balaban J connectivity index is 1.56. The summed E-state index contributed by atoms with van der Waals surface area (Å²) in [7, 11) is 1.51. The molecule has 42 heavy (non-hydrogen) atoms. The number of allylic oxidation sites excluding steroid dienone is 1. The van der Waals surface area contributed by atoms with Crippen LogP contribution >= 0.6 is 39.3 Å². The third-order valence-corrected chi connectivity index (χ3v) is 8.28. The quantitative estimate of drug-likeness (QED) is 0.176. The second kappa shape index (κ2) is 12.8. The zero-order chi connectivity index (χ0) is 30.0. The number of ether oxygens (including phenoxy) is 2. The van der Waals surface area contributed by atoms with Crippen molar-refractivity contribution in [2.45, 2.75) is 38.6 Å². The van der Waals surface area contributed by atoms with Gasteiger partial charge in [-0.15, -0.1) is 5.10 Å². The molecule has 1 aromatic heterocycles. The van der Waals surface area contributed by atoms with Crippen LogP contribution in [0.3, 0.4) is 0 Å². The summed E-state index contributed by atoms with van der Waals surface area (Å²) in [6, 6.07) is 15.0. The summed E-state index contributed by atoms with van der Waals surface area (Å²) in [6.07, 6.45) is 0. The van der Waals surface area contributed by atoms with Crippen molar-refractivity contribution in [1.29, 1.82) is 0 Å². The third kappa shape index (κ3) is 6.13. The van der Waals surface area contributed by atoms with Gasteiger partial charge in [0.05, 0.1) is 22.2 Å². The number of carbonyl (C=O) groups excluding carboxylic acids is 1. The first-order valence-corrected chi connectivity index (χ1v) is 15.2. The Morgan fingerprint density at radius 3 is 2.71 bits per heavy atom. The molecule has 0 spiro atoms. The normalized spacial score (nSPS) is 14.3. The van der Waals surface area contributed by atoms with Gasteiger partial charge in [0.15, 0.2) is 11.5 Å². The molecule has 3 aromatic carbocycles. The van der Waals surface area contributed by atoms with Crippen molar-refractivity contribution in [1.82, 2.24) is 14.8 Å². The summed E-state index contributed by atoms with van der Waals surface area (Å²) < 4.78 is 28.4. The Morgan fingerprint density at radius 1 is 1.21 bits per heavy atom. The van der Waals surface area contributed by atoms with E-state index in [0.29, 0.717) is 49.6 Å². The lowest BCUT2D eigenvalue weighted by atomic mass is 9.94. The fourth-order valence-electron chi connectivity index (χ4n) is 4.70. The molecule has 218 valence electrons. The number of fused-ring (bicyclic) bond motifs is 1. The minimum atomic E-state index is -0.648. The molecule has 2 heterocycles. The summed E-state index contributed by atoms with van der Waals surface area (Å²) >= 11 is 11.3. The van der Waals surface area contributed by atoms with Gasteiger partial charge < -0.3 is 20.1 Å². The number of carbonyl (C=O) groups is 1. The topological polar surface area (TPSA) is 90.3 Å². The highest BCUT2D eigenvalue weighted by Crippen LogP contribution is 2.43. The van der Waals surface area contributed by atoms with E-state index in [2.05, 4.69) is 31.5 Å². The van der Waals surface area contributed by atoms with Crippen LogP contribution < -0.4 is 20.1 Å². The number of thioether (sulfide) groups is 1. The van der Waals surface area contributed by atoms with Gasteiger partial charge in [-0.2, -0.15) is 4.98 Å². The van der Waals surface area contributed by atoms with Crippen LogP contribution in [0.5, 0.6) is 11.5 Å². The van der Waals surface area contributed by atoms with E-state index in [-0.39, 0.29) is 23.1 Å². The number of nitrogens with zero attached hydrogens (tertiary/aromatic N) is 3. The van der Waals surface area contributed by atoms with Gasteiger partial charge in [-0.3, -0.25) is 4.79 Å². The molecule has 8 nitrogen and oxygen atoms in total. The molecule has 1 aliphatic rings. The highest BCUT2D eigenvalue weighted by Gasteiger charge is 2.35. The molecular formula is C30H28BrClFN5O3S. The number of amides is 1. The van der Waals surface area contributed by atoms with Crippen LogP contribution in [0.25, 0.3) is 0 Å². The molecule has 1 atom stereocenters. The van der Waals surface area contributed by atoms with E-state index in [1.54, 1.807) is 16.8 Å². The zero-order valence-electron chi connectivity index (χ0n) is 23.3. The van der Waals surface area contributed by atoms with Gasteiger partial charge >= 0.3 is 0 Å². The number of anilines is 2. The molecule has 0 bridgehead atoms. The van der Waals surface area contributed by atoms with Crippen LogP contribution in [-0.2, 0) is 11.4 Å². The highest BCUT2D eigenvalue weighted by molar-refractivity contribution is 9.10. The van der Waals surface area contributed by atoms with Crippen molar-refractivity contribution >= 4 is 56.8 Å². The summed E-state index contributed by atoms with van der Waals surface area (Å²) in [6.45, 7) is 5.72. The maximum absolute atomic E-state index is 14.4. The first-order chi connectivity index (χ1) is 20.2. The predicted octanol–water partition coefficient (Wildman–Crippen LogP) is 7.77. The number of benzene rings is 3. The zero-order valence-corrected chi connectivity index (χ0v) is 26.5. The Hall–Kier alpha value is -3.54. The third-order valence-electron chi connectivity index (χ3n) is 6.62. The van der Waals surface area contributed by atoms with Crippen LogP contribution in [0.2, 0.25) is 5.02 Å². The van der Waals surface area contributed by atoms with Crippen LogP contribution in [0.15, 0.2) is 75.5 Å². The standard InChI is InChI=1S/C30H28BrClFN5O3S/c1-5-42-30-36-29-34-17(3)25(28(39)35-19-9-6-8-16(2)12-19)26(38(29)37-30)18-13-21(31)27(24(14-18)40-4)41-15-20-22(32)10-7-11-23(20)33/h6-14,26H,5,15H2,1-4H3,(H,35,39)(H,34,36,37). The smallest absolute Gasteiger partial charge is 0.255 e. The Labute approximate surface area is 260 Å². The van der Waals surface area contributed by atoms with Crippen molar-refractivity contribution < 1.29 is 18.7 Å². The molecule has 0 saturated heterocycles. The van der Waals surface area contributed by atoms with E-state index in [1.807, 2.05) is 51.1 Å². The number of hydrogen-bond donors (Lipinski definition) is 2. The van der Waals surface area contributed by atoms with Gasteiger partial charge in [0.2, 0.25) is 11.1 Å². The lowest BCUT2D eigenvalue weighted by Gasteiger charge is -2.29. The van der Waals surface area contributed by atoms with E-state index in [4.69, 9.17) is 26.2 Å². The van der Waals surface area contributed by atoms with Crippen molar-refractivity contribution in [2.24, 2.45) is 0 Å². The van der Waals surface area contributed by atoms with E-state index < -0.39 is 11.9 Å². The van der Waals surface area contributed by atoms with E-state index >= 15 is 0 Å². The Kier molecular flexibility index (Phi) is 9.10. The number of nitrogens with one attached hydrogen (secondary N) is 2. The van der Waals surface area contributed by atoms with Crippen molar-refractivity contribution in [3.63, 3.8) is 0 Å². The summed E-state index contributed by atoms with van der Waals surface area (Å²) in [5.41, 5.74) is 3.74. The molecular weight excluding hydrogens is 645 g/mol. The number of halogens is 3.